The number of phenols is 2. The lowest BCUT2D eigenvalue weighted by atomic mass is 9.48. The fourth-order valence-corrected chi connectivity index (χ4v) is 12.2. The Hall–Kier alpha value is -3.70. The number of piperidine rings is 2. The highest BCUT2D eigenvalue weighted by molar-refractivity contribution is 5.94. The van der Waals surface area contributed by atoms with E-state index in [1.54, 1.807) is 0 Å². The van der Waals surface area contributed by atoms with E-state index in [4.69, 9.17) is 9.47 Å². The summed E-state index contributed by atoms with van der Waals surface area (Å²) in [7, 11) is 0. The molecule has 2 spiro atoms. The van der Waals surface area contributed by atoms with Crippen LogP contribution in [0.25, 0.3) is 11.1 Å². The summed E-state index contributed by atoms with van der Waals surface area (Å²) in [6.45, 7) is 10.4. The van der Waals surface area contributed by atoms with Gasteiger partial charge in [-0.25, -0.2) is 0 Å². The van der Waals surface area contributed by atoms with Crippen LogP contribution >= 0.6 is 0 Å². The molecule has 4 aliphatic heterocycles. The van der Waals surface area contributed by atoms with Gasteiger partial charge in [-0.3, -0.25) is 19.4 Å². The number of rotatable bonds is 5. The Morgan fingerprint density at radius 1 is 0.729 bits per heavy atom. The third-order valence-electron chi connectivity index (χ3n) is 14.0. The van der Waals surface area contributed by atoms with E-state index in [-0.39, 0.29) is 59.5 Å². The molecule has 0 aromatic heterocycles. The number of ketones is 2. The number of ether oxygens (including phenoxy) is 2. The molecule has 4 heterocycles. The van der Waals surface area contributed by atoms with E-state index in [0.29, 0.717) is 87.0 Å². The highest BCUT2D eigenvalue weighted by Gasteiger charge is 2.75. The molecule has 2 aromatic rings. The molecular formula is C38H40N2O8. The molecule has 2 unspecified atom stereocenters. The van der Waals surface area contributed by atoms with Crippen molar-refractivity contribution in [2.45, 2.75) is 97.7 Å². The first-order valence-corrected chi connectivity index (χ1v) is 17.4. The monoisotopic (exact) mass is 652 g/mol. The SMILES string of the molecule is C=CCN1CC[C@]23c4c5cc(-c6cc7c8c(c6O)O[C@H]6C(=O)CCC9(O)[C@@H](C7)N(CC=C)CC[C@]869)c(O)c4O[C@@H]2C(=O)CCC3(O)[C@H]1C5. The van der Waals surface area contributed by atoms with Gasteiger partial charge in [-0.15, -0.1) is 13.2 Å². The van der Waals surface area contributed by atoms with Gasteiger partial charge in [0.2, 0.25) is 0 Å². The Morgan fingerprint density at radius 3 is 1.54 bits per heavy atom. The average Bonchev–Trinajstić information content (AvgIpc) is 3.61. The van der Waals surface area contributed by atoms with Gasteiger partial charge in [-0.2, -0.15) is 0 Å². The minimum Gasteiger partial charge on any atom is -0.504 e. The Bertz CT molecular complexity index is 1770. The highest BCUT2D eigenvalue weighted by Crippen LogP contribution is 2.69. The lowest BCUT2D eigenvalue weighted by Gasteiger charge is -2.62. The van der Waals surface area contributed by atoms with E-state index in [2.05, 4.69) is 23.0 Å². The van der Waals surface area contributed by atoms with E-state index >= 15 is 0 Å². The highest BCUT2D eigenvalue weighted by atomic mass is 16.5. The predicted molar refractivity (Wildman–Crippen MR) is 174 cm³/mol. The van der Waals surface area contributed by atoms with E-state index in [0.717, 1.165) is 11.1 Å². The van der Waals surface area contributed by atoms with E-state index in [1.807, 2.05) is 24.3 Å². The third kappa shape index (κ3) is 2.95. The second-order valence-electron chi connectivity index (χ2n) is 15.5. The molecular weight excluding hydrogens is 612 g/mol. The Kier molecular flexibility index (Phi) is 5.54. The topological polar surface area (TPSA) is 140 Å². The molecule has 8 aliphatic rings. The van der Waals surface area contributed by atoms with Gasteiger partial charge in [-0.05, 0) is 61.8 Å². The summed E-state index contributed by atoms with van der Waals surface area (Å²) in [4.78, 5) is 31.4. The summed E-state index contributed by atoms with van der Waals surface area (Å²) in [5, 5.41) is 49.1. The van der Waals surface area contributed by atoms with Gasteiger partial charge in [0.1, 0.15) is 0 Å². The third-order valence-corrected chi connectivity index (χ3v) is 14.0. The smallest absolute Gasteiger partial charge is 0.174 e. The first kappa shape index (κ1) is 29.2. The Morgan fingerprint density at radius 2 is 1.15 bits per heavy atom. The maximum Gasteiger partial charge on any atom is 0.174 e. The molecule has 2 saturated carbocycles. The normalized spacial score (nSPS) is 39.7. The maximum absolute atomic E-state index is 13.5. The van der Waals surface area contributed by atoms with Crippen molar-refractivity contribution in [1.82, 2.24) is 9.80 Å². The van der Waals surface area contributed by atoms with Gasteiger partial charge in [0.05, 0.1) is 22.0 Å². The molecule has 4 aliphatic carbocycles. The summed E-state index contributed by atoms with van der Waals surface area (Å²) >= 11 is 0. The van der Waals surface area contributed by atoms with Gasteiger partial charge in [-0.1, -0.05) is 12.2 Å². The number of carbonyl (C=O) groups is 2. The number of aliphatic hydroxyl groups is 2. The first-order chi connectivity index (χ1) is 23.1. The van der Waals surface area contributed by atoms with Gasteiger partial charge in [0.25, 0.3) is 0 Å². The van der Waals surface area contributed by atoms with Crippen molar-refractivity contribution < 1.29 is 39.5 Å². The van der Waals surface area contributed by atoms with Gasteiger partial charge >= 0.3 is 0 Å². The number of Topliss-reactive ketones (excluding diaryl/α,β-unsaturated/α-hetero) is 2. The van der Waals surface area contributed by atoms with E-state index < -0.39 is 34.2 Å². The summed E-state index contributed by atoms with van der Waals surface area (Å²) in [6.07, 6.45) is 4.89. The number of likely N-dealkylation sites (tertiary alicyclic amines) is 2. The molecule has 2 aromatic carbocycles. The molecule has 10 rings (SSSR count). The quantitative estimate of drug-likeness (QED) is 0.357. The number of phenolic OH excluding ortho intramolecular Hbond substituents is 2. The fraction of sp³-hybridized carbons (Fsp3) is 0.526. The molecule has 2 saturated heterocycles. The van der Waals surface area contributed by atoms with Crippen LogP contribution < -0.4 is 9.47 Å². The number of aromatic hydroxyl groups is 2. The number of hydrogen-bond donors (Lipinski definition) is 4. The molecule has 10 heteroatoms. The molecule has 10 nitrogen and oxygen atoms in total. The molecule has 4 bridgehead atoms. The van der Waals surface area contributed by atoms with Crippen LogP contribution in [0.5, 0.6) is 23.0 Å². The molecule has 4 N–H and O–H groups in total. The van der Waals surface area contributed by atoms with Crippen molar-refractivity contribution in [3.63, 3.8) is 0 Å². The summed E-state index contributed by atoms with van der Waals surface area (Å²) in [6, 6.07) is 3.21. The second kappa shape index (κ2) is 9.09. The zero-order valence-electron chi connectivity index (χ0n) is 26.8. The lowest BCUT2D eigenvalue weighted by Crippen LogP contribution is -2.76. The zero-order chi connectivity index (χ0) is 33.1. The van der Waals surface area contributed by atoms with Gasteiger partial charge < -0.3 is 29.9 Å². The average molecular weight is 653 g/mol. The lowest BCUT2D eigenvalue weighted by molar-refractivity contribution is -0.187. The van der Waals surface area contributed by atoms with E-state index in [1.165, 1.54) is 0 Å². The molecule has 250 valence electrons. The number of hydrogen-bond acceptors (Lipinski definition) is 10. The van der Waals surface area contributed by atoms with Crippen molar-refractivity contribution in [2.75, 3.05) is 26.2 Å². The molecule has 48 heavy (non-hydrogen) atoms. The number of nitrogens with zero attached hydrogens (tertiary/aromatic N) is 2. The van der Waals surface area contributed by atoms with Gasteiger partial charge in [0.15, 0.2) is 46.8 Å². The zero-order valence-corrected chi connectivity index (χ0v) is 26.8. The summed E-state index contributed by atoms with van der Waals surface area (Å²) in [5.74, 6) is -0.115. The van der Waals surface area contributed by atoms with Crippen LogP contribution in [0.2, 0.25) is 0 Å². The molecule has 0 amide bonds. The second-order valence-corrected chi connectivity index (χ2v) is 15.5. The minimum atomic E-state index is -1.21. The van der Waals surface area contributed by atoms with Crippen molar-refractivity contribution in [1.29, 1.82) is 0 Å². The number of benzene rings is 2. The Balaban J connectivity index is 1.19. The molecule has 0 radical (unpaired) electrons. The summed E-state index contributed by atoms with van der Waals surface area (Å²) < 4.78 is 12.9. The van der Waals surface area contributed by atoms with Crippen LogP contribution in [-0.2, 0) is 33.3 Å². The van der Waals surface area contributed by atoms with Crippen molar-refractivity contribution >= 4 is 11.6 Å². The largest absolute Gasteiger partial charge is 0.504 e. The summed E-state index contributed by atoms with van der Waals surface area (Å²) in [5.41, 5.74) is -0.483. The Labute approximate surface area is 278 Å². The van der Waals surface area contributed by atoms with Crippen molar-refractivity contribution in [3.05, 3.63) is 59.7 Å². The van der Waals surface area contributed by atoms with Crippen LogP contribution in [0.3, 0.4) is 0 Å². The maximum atomic E-state index is 13.5. The van der Waals surface area contributed by atoms with Crippen molar-refractivity contribution in [3.8, 4) is 34.1 Å². The van der Waals surface area contributed by atoms with Crippen LogP contribution in [0, 0.1) is 0 Å². The molecule has 4 fully saturated rings. The van der Waals surface area contributed by atoms with Crippen LogP contribution in [0.15, 0.2) is 37.4 Å². The van der Waals surface area contributed by atoms with Crippen molar-refractivity contribution in [2.24, 2.45) is 0 Å². The fourth-order valence-electron chi connectivity index (χ4n) is 12.2. The van der Waals surface area contributed by atoms with Crippen LogP contribution in [-0.4, -0.2) is 103 Å². The minimum absolute atomic E-state index is 0.0755. The first-order valence-electron chi connectivity index (χ1n) is 17.4. The standard InChI is InChI=1S/C38H40N2O8/c1-3-11-39-13-9-35-27-19-15-21(29(43)31(27)47-33(35)23(41)5-7-37(35,45)25(39)17-19)22-16-20-18-26-38(46)8-6-24(42)34-36(38,10-14-40(26)12-4-2)28(20)32(48-34)30(22)44/h3-4,15-16,25-26,33-34,43-46H,1-2,5-14,17-18H2/t25-,26-,33-,34+,35+,36+,37?,38?/m1/s1. The molecule has 8 atom stereocenters. The van der Waals surface area contributed by atoms with Gasteiger partial charge in [0, 0.05) is 73.4 Å². The van der Waals surface area contributed by atoms with Crippen LogP contribution in [0.1, 0.15) is 60.8 Å². The van der Waals surface area contributed by atoms with E-state index in [9.17, 15) is 30.0 Å². The predicted octanol–water partition coefficient (Wildman–Crippen LogP) is 2.58. The van der Waals surface area contributed by atoms with Crippen LogP contribution in [0.4, 0.5) is 0 Å². The number of carbonyl (C=O) groups excluding carboxylic acids is 2.